The molecule has 0 atom stereocenters. The van der Waals surface area contributed by atoms with Crippen molar-refractivity contribution < 1.29 is 0 Å². The summed E-state index contributed by atoms with van der Waals surface area (Å²) in [6.45, 7) is 4.19. The highest BCUT2D eigenvalue weighted by atomic mass is 15.3. The smallest absolute Gasteiger partial charge is 0.0876 e. The van der Waals surface area contributed by atoms with E-state index in [0.29, 0.717) is 0 Å². The predicted molar refractivity (Wildman–Crippen MR) is 67.4 cm³/mol. The number of aromatic nitrogens is 4. The monoisotopic (exact) mass is 233 g/mol. The molecule has 2 heterocycles. The van der Waals surface area contributed by atoms with E-state index in [0.717, 1.165) is 30.9 Å². The second-order valence-electron chi connectivity index (χ2n) is 4.35. The summed E-state index contributed by atoms with van der Waals surface area (Å²) in [4.78, 5) is 2.30. The number of aryl methyl sites for hydroxylation is 1. The Morgan fingerprint density at radius 1 is 1.47 bits per heavy atom. The van der Waals surface area contributed by atoms with Gasteiger partial charge in [0.05, 0.1) is 17.6 Å². The molecule has 0 radical (unpaired) electrons. The molecule has 0 aliphatic rings. The number of aromatic amines is 1. The average molecular weight is 233 g/mol. The van der Waals surface area contributed by atoms with Gasteiger partial charge in [-0.1, -0.05) is 6.92 Å². The molecule has 5 nitrogen and oxygen atoms in total. The van der Waals surface area contributed by atoms with E-state index in [1.165, 1.54) is 5.56 Å². The third-order valence-corrected chi connectivity index (χ3v) is 2.84. The Kier molecular flexibility index (Phi) is 3.58. The van der Waals surface area contributed by atoms with Crippen molar-refractivity contribution in [3.05, 3.63) is 24.0 Å². The van der Waals surface area contributed by atoms with Crippen molar-refractivity contribution in [2.24, 2.45) is 7.05 Å². The number of rotatable bonds is 5. The Hall–Kier alpha value is -1.62. The summed E-state index contributed by atoms with van der Waals surface area (Å²) in [7, 11) is 4.07. The van der Waals surface area contributed by atoms with Crippen molar-refractivity contribution in [3.63, 3.8) is 0 Å². The number of hydrogen-bond donors (Lipinski definition) is 1. The van der Waals surface area contributed by atoms with E-state index in [9.17, 15) is 0 Å². The van der Waals surface area contributed by atoms with Crippen LogP contribution < -0.4 is 0 Å². The van der Waals surface area contributed by atoms with Gasteiger partial charge in [-0.25, -0.2) is 0 Å². The molecule has 0 aliphatic carbocycles. The largest absolute Gasteiger partial charge is 0.302 e. The van der Waals surface area contributed by atoms with Crippen LogP contribution in [0, 0.1) is 0 Å². The van der Waals surface area contributed by atoms with Gasteiger partial charge in [0.15, 0.2) is 0 Å². The molecule has 0 spiro atoms. The molecule has 2 aromatic heterocycles. The van der Waals surface area contributed by atoms with Crippen LogP contribution in [0.5, 0.6) is 0 Å². The summed E-state index contributed by atoms with van der Waals surface area (Å²) in [6, 6.07) is 2.00. The lowest BCUT2D eigenvalue weighted by Gasteiger charge is -2.15. The first kappa shape index (κ1) is 11.9. The highest BCUT2D eigenvalue weighted by Gasteiger charge is 2.12. The topological polar surface area (TPSA) is 49.7 Å². The van der Waals surface area contributed by atoms with Gasteiger partial charge < -0.3 is 4.90 Å². The summed E-state index contributed by atoms with van der Waals surface area (Å²) < 4.78 is 1.86. The zero-order valence-corrected chi connectivity index (χ0v) is 10.6. The van der Waals surface area contributed by atoms with Gasteiger partial charge in [0.2, 0.25) is 0 Å². The van der Waals surface area contributed by atoms with Crippen LogP contribution in [-0.2, 0) is 13.6 Å². The van der Waals surface area contributed by atoms with Gasteiger partial charge in [-0.3, -0.25) is 9.78 Å². The molecule has 0 fully saturated rings. The van der Waals surface area contributed by atoms with Crippen LogP contribution in [0.1, 0.15) is 18.9 Å². The highest BCUT2D eigenvalue weighted by molar-refractivity contribution is 5.58. The van der Waals surface area contributed by atoms with Gasteiger partial charge in [0, 0.05) is 25.4 Å². The van der Waals surface area contributed by atoms with E-state index < -0.39 is 0 Å². The third-order valence-electron chi connectivity index (χ3n) is 2.84. The van der Waals surface area contributed by atoms with Gasteiger partial charge in [-0.15, -0.1) is 0 Å². The summed E-state index contributed by atoms with van der Waals surface area (Å²) in [5.41, 5.74) is 3.35. The van der Waals surface area contributed by atoms with Crippen molar-refractivity contribution in [2.75, 3.05) is 13.6 Å². The molecule has 92 valence electrons. The molecular weight excluding hydrogens is 214 g/mol. The molecule has 0 aliphatic heterocycles. The van der Waals surface area contributed by atoms with Gasteiger partial charge in [0.1, 0.15) is 0 Å². The van der Waals surface area contributed by atoms with E-state index in [2.05, 4.69) is 34.2 Å². The minimum Gasteiger partial charge on any atom is -0.302 e. The van der Waals surface area contributed by atoms with Crippen LogP contribution in [-0.4, -0.2) is 38.5 Å². The number of H-pyrrole nitrogens is 1. The summed E-state index contributed by atoms with van der Waals surface area (Å²) in [6.07, 6.45) is 4.86. The first-order valence-electron chi connectivity index (χ1n) is 5.91. The Morgan fingerprint density at radius 3 is 2.94 bits per heavy atom. The molecule has 0 aromatic carbocycles. The molecule has 0 saturated carbocycles. The zero-order valence-electron chi connectivity index (χ0n) is 10.6. The fourth-order valence-electron chi connectivity index (χ4n) is 2.02. The van der Waals surface area contributed by atoms with Gasteiger partial charge >= 0.3 is 0 Å². The molecule has 0 bridgehead atoms. The first-order valence-corrected chi connectivity index (χ1v) is 5.91. The highest BCUT2D eigenvalue weighted by Crippen LogP contribution is 2.20. The molecule has 0 amide bonds. The minimum absolute atomic E-state index is 0.908. The molecule has 0 unspecified atom stereocenters. The maximum Gasteiger partial charge on any atom is 0.0876 e. The Balaban J connectivity index is 2.20. The maximum absolute atomic E-state index is 4.18. The second kappa shape index (κ2) is 5.14. The molecule has 1 N–H and O–H groups in total. The van der Waals surface area contributed by atoms with Crippen LogP contribution in [0.25, 0.3) is 11.4 Å². The SMILES string of the molecule is CCCN(C)Cc1cn[nH]c1-c1ccnn1C. The lowest BCUT2D eigenvalue weighted by molar-refractivity contribution is 0.328. The van der Waals surface area contributed by atoms with Crippen molar-refractivity contribution in [1.29, 1.82) is 0 Å². The summed E-state index contributed by atoms with van der Waals surface area (Å²) in [5.74, 6) is 0. The van der Waals surface area contributed by atoms with E-state index in [1.54, 1.807) is 6.20 Å². The average Bonchev–Trinajstić information content (AvgIpc) is 2.87. The lowest BCUT2D eigenvalue weighted by atomic mass is 10.2. The Bertz CT molecular complexity index is 471. The van der Waals surface area contributed by atoms with E-state index >= 15 is 0 Å². The third kappa shape index (κ3) is 2.55. The predicted octanol–water partition coefficient (Wildman–Crippen LogP) is 1.65. The van der Waals surface area contributed by atoms with Crippen LogP contribution >= 0.6 is 0 Å². The summed E-state index contributed by atoms with van der Waals surface area (Å²) >= 11 is 0. The van der Waals surface area contributed by atoms with Crippen LogP contribution in [0.15, 0.2) is 18.5 Å². The van der Waals surface area contributed by atoms with Crippen molar-refractivity contribution >= 4 is 0 Å². The Labute approximate surface area is 101 Å². The van der Waals surface area contributed by atoms with E-state index in [-0.39, 0.29) is 0 Å². The number of nitrogens with one attached hydrogen (secondary N) is 1. The van der Waals surface area contributed by atoms with E-state index in [4.69, 9.17) is 0 Å². The maximum atomic E-state index is 4.18. The first-order chi connectivity index (χ1) is 8.22. The van der Waals surface area contributed by atoms with Crippen molar-refractivity contribution in [2.45, 2.75) is 19.9 Å². The van der Waals surface area contributed by atoms with Crippen LogP contribution in [0.3, 0.4) is 0 Å². The number of hydrogen-bond acceptors (Lipinski definition) is 3. The van der Waals surface area contributed by atoms with E-state index in [1.807, 2.05) is 24.0 Å². The lowest BCUT2D eigenvalue weighted by Crippen LogP contribution is -2.18. The molecular formula is C12H19N5. The molecule has 2 rings (SSSR count). The normalized spacial score (nSPS) is 11.3. The standard InChI is InChI=1S/C12H19N5/c1-4-7-16(2)9-10-8-13-15-12(10)11-5-6-14-17(11)3/h5-6,8H,4,7,9H2,1-3H3,(H,13,15). The molecule has 0 saturated heterocycles. The van der Waals surface area contributed by atoms with Crippen LogP contribution in [0.2, 0.25) is 0 Å². The van der Waals surface area contributed by atoms with Gasteiger partial charge in [-0.2, -0.15) is 10.2 Å². The fourth-order valence-corrected chi connectivity index (χ4v) is 2.02. The molecule has 17 heavy (non-hydrogen) atoms. The molecule has 2 aromatic rings. The van der Waals surface area contributed by atoms with Gasteiger partial charge in [-0.05, 0) is 26.1 Å². The van der Waals surface area contributed by atoms with Crippen molar-refractivity contribution in [3.8, 4) is 11.4 Å². The fraction of sp³-hybridized carbons (Fsp3) is 0.500. The Morgan fingerprint density at radius 2 is 2.29 bits per heavy atom. The quantitative estimate of drug-likeness (QED) is 0.854. The summed E-state index contributed by atoms with van der Waals surface area (Å²) in [5, 5.41) is 11.4. The minimum atomic E-state index is 0.908. The van der Waals surface area contributed by atoms with Gasteiger partial charge in [0.25, 0.3) is 0 Å². The van der Waals surface area contributed by atoms with Crippen molar-refractivity contribution in [1.82, 2.24) is 24.9 Å². The number of nitrogens with zero attached hydrogens (tertiary/aromatic N) is 4. The molecule has 5 heteroatoms. The second-order valence-corrected chi connectivity index (χ2v) is 4.35. The zero-order chi connectivity index (χ0) is 12.3. The van der Waals surface area contributed by atoms with Crippen LogP contribution in [0.4, 0.5) is 0 Å².